The molecular formula is C28H25N7O2S. The number of fused-ring (bicyclic) bond motifs is 1. The Morgan fingerprint density at radius 2 is 2.03 bits per heavy atom. The first-order valence-corrected chi connectivity index (χ1v) is 13.1. The predicted octanol–water partition coefficient (Wildman–Crippen LogP) is 6.00. The summed E-state index contributed by atoms with van der Waals surface area (Å²) in [6.07, 6.45) is 8.07. The van der Waals surface area contributed by atoms with Crippen molar-refractivity contribution in [3.8, 4) is 11.6 Å². The highest BCUT2D eigenvalue weighted by atomic mass is 32.1. The summed E-state index contributed by atoms with van der Waals surface area (Å²) in [6, 6.07) is 17.8. The van der Waals surface area contributed by atoms with Crippen molar-refractivity contribution in [2.75, 3.05) is 28.6 Å². The molecule has 1 amide bonds. The largest absolute Gasteiger partial charge is 0.437 e. The van der Waals surface area contributed by atoms with E-state index in [0.29, 0.717) is 29.3 Å². The average molecular weight is 524 g/mol. The lowest BCUT2D eigenvalue weighted by Gasteiger charge is -2.19. The molecule has 0 aliphatic carbocycles. The molecule has 1 saturated heterocycles. The number of hydrogen-bond acceptors (Lipinski definition) is 8. The van der Waals surface area contributed by atoms with Gasteiger partial charge in [0, 0.05) is 48.6 Å². The van der Waals surface area contributed by atoms with Crippen LogP contribution in [0.15, 0.2) is 91.4 Å². The summed E-state index contributed by atoms with van der Waals surface area (Å²) in [4.78, 5) is 27.5. The first-order valence-electron chi connectivity index (χ1n) is 12.2. The second-order valence-corrected chi connectivity index (χ2v) is 9.80. The van der Waals surface area contributed by atoms with E-state index in [9.17, 15) is 4.79 Å². The Kier molecular flexibility index (Phi) is 6.45. The molecule has 190 valence electrons. The van der Waals surface area contributed by atoms with E-state index in [1.54, 1.807) is 18.2 Å². The van der Waals surface area contributed by atoms with Crippen LogP contribution in [0.3, 0.4) is 0 Å². The van der Waals surface area contributed by atoms with E-state index in [2.05, 4.69) is 53.8 Å². The minimum Gasteiger partial charge on any atom is -0.437 e. The highest BCUT2D eigenvalue weighted by molar-refractivity contribution is 7.17. The van der Waals surface area contributed by atoms with E-state index in [4.69, 9.17) is 4.74 Å². The fourth-order valence-corrected chi connectivity index (χ4v) is 5.25. The van der Waals surface area contributed by atoms with Gasteiger partial charge >= 0.3 is 0 Å². The fourth-order valence-electron chi connectivity index (χ4n) is 4.49. The summed E-state index contributed by atoms with van der Waals surface area (Å²) in [6.45, 7) is 5.45. The molecule has 10 heteroatoms. The Balaban J connectivity index is 1.18. The molecule has 0 spiro atoms. The van der Waals surface area contributed by atoms with Gasteiger partial charge in [0.15, 0.2) is 0 Å². The molecule has 1 fully saturated rings. The molecule has 0 saturated carbocycles. The summed E-state index contributed by atoms with van der Waals surface area (Å²) in [5, 5.41) is 8.01. The maximum atomic E-state index is 11.7. The number of aromatic nitrogens is 4. The predicted molar refractivity (Wildman–Crippen MR) is 151 cm³/mol. The number of nitrogens with one attached hydrogen (secondary N) is 2. The molecule has 1 aliphatic rings. The lowest BCUT2D eigenvalue weighted by molar-refractivity contribution is -0.111. The van der Waals surface area contributed by atoms with Crippen LogP contribution in [0, 0.1) is 0 Å². The molecule has 1 atom stereocenters. The molecule has 4 heterocycles. The third-order valence-corrected chi connectivity index (χ3v) is 7.26. The number of nitrogens with zero attached hydrogens (tertiary/aromatic N) is 5. The van der Waals surface area contributed by atoms with Crippen LogP contribution in [0.5, 0.6) is 11.6 Å². The topological polar surface area (TPSA) is 97.2 Å². The van der Waals surface area contributed by atoms with Crippen molar-refractivity contribution < 1.29 is 9.53 Å². The third-order valence-electron chi connectivity index (χ3n) is 6.37. The van der Waals surface area contributed by atoms with Crippen LogP contribution in [0.25, 0.3) is 10.2 Å². The van der Waals surface area contributed by atoms with Gasteiger partial charge in [-0.25, -0.2) is 9.97 Å². The van der Waals surface area contributed by atoms with Crippen LogP contribution < -0.4 is 20.3 Å². The summed E-state index contributed by atoms with van der Waals surface area (Å²) in [5.41, 5.74) is 3.46. The van der Waals surface area contributed by atoms with Crippen LogP contribution >= 0.6 is 11.3 Å². The van der Waals surface area contributed by atoms with Gasteiger partial charge < -0.3 is 24.8 Å². The monoisotopic (exact) mass is 523 g/mol. The number of hydrogen-bond donors (Lipinski definition) is 2. The zero-order valence-corrected chi connectivity index (χ0v) is 21.3. The summed E-state index contributed by atoms with van der Waals surface area (Å²) >= 11 is 1.51. The van der Waals surface area contributed by atoms with E-state index in [0.717, 1.165) is 35.4 Å². The minimum absolute atomic E-state index is 0.287. The van der Waals surface area contributed by atoms with Crippen molar-refractivity contribution in [2.24, 2.45) is 0 Å². The average Bonchev–Trinajstić information content (AvgIpc) is 3.71. The molecule has 0 bridgehead atoms. The lowest BCUT2D eigenvalue weighted by Crippen LogP contribution is -2.20. The number of rotatable bonds is 8. The van der Waals surface area contributed by atoms with Gasteiger partial charge in [-0.1, -0.05) is 12.6 Å². The summed E-state index contributed by atoms with van der Waals surface area (Å²) < 4.78 is 9.16. The normalized spacial score (nSPS) is 14.9. The van der Waals surface area contributed by atoms with Gasteiger partial charge in [0.1, 0.15) is 10.4 Å². The molecule has 38 heavy (non-hydrogen) atoms. The Morgan fingerprint density at radius 1 is 1.13 bits per heavy atom. The maximum Gasteiger partial charge on any atom is 0.247 e. The van der Waals surface area contributed by atoms with Gasteiger partial charge in [-0.3, -0.25) is 4.79 Å². The number of amides is 1. The quantitative estimate of drug-likeness (QED) is 0.241. The molecule has 0 unspecified atom stereocenters. The molecule has 5 aromatic rings. The third kappa shape index (κ3) is 5.07. The van der Waals surface area contributed by atoms with Crippen LogP contribution in [-0.4, -0.2) is 38.5 Å². The molecule has 3 aromatic heterocycles. The van der Waals surface area contributed by atoms with Gasteiger partial charge in [-0.05, 0) is 60.3 Å². The zero-order chi connectivity index (χ0) is 25.9. The second-order valence-electron chi connectivity index (χ2n) is 8.88. The van der Waals surface area contributed by atoms with Crippen LogP contribution in [0.1, 0.15) is 12.5 Å². The zero-order valence-electron chi connectivity index (χ0n) is 20.4. The van der Waals surface area contributed by atoms with Crippen LogP contribution in [0.4, 0.5) is 23.0 Å². The number of anilines is 4. The maximum absolute atomic E-state index is 11.7. The second kappa shape index (κ2) is 10.3. The highest BCUT2D eigenvalue weighted by Crippen LogP contribution is 2.34. The molecule has 9 nitrogen and oxygen atoms in total. The Bertz CT molecular complexity index is 1580. The Morgan fingerprint density at radius 3 is 2.84 bits per heavy atom. The number of thiophene rings is 1. The Labute approximate surface area is 223 Å². The SMILES string of the molecule is C=CC(=O)Nc1cccc(Oc2nc(Nc3ccc(N4CC[C@@H](n5ccnc5)C4)cc3)nc3ccsc23)c1. The van der Waals surface area contributed by atoms with E-state index >= 15 is 0 Å². The van der Waals surface area contributed by atoms with Crippen molar-refractivity contribution in [3.63, 3.8) is 0 Å². The van der Waals surface area contributed by atoms with Gasteiger partial charge in [0.2, 0.25) is 17.7 Å². The number of ether oxygens (including phenoxy) is 1. The molecule has 1 aliphatic heterocycles. The smallest absolute Gasteiger partial charge is 0.247 e. The molecule has 2 N–H and O–H groups in total. The first kappa shape index (κ1) is 23.7. The van der Waals surface area contributed by atoms with Gasteiger partial charge in [-0.15, -0.1) is 11.3 Å². The lowest BCUT2D eigenvalue weighted by atomic mass is 10.2. The number of carbonyl (C=O) groups is 1. The highest BCUT2D eigenvalue weighted by Gasteiger charge is 2.23. The molecular weight excluding hydrogens is 498 g/mol. The van der Waals surface area contributed by atoms with Crippen LogP contribution in [-0.2, 0) is 4.79 Å². The van der Waals surface area contributed by atoms with E-state index < -0.39 is 0 Å². The fraction of sp³-hybridized carbons (Fsp3) is 0.143. The van der Waals surface area contributed by atoms with Gasteiger partial charge in [-0.2, -0.15) is 4.98 Å². The Hall–Kier alpha value is -4.70. The van der Waals surface area contributed by atoms with Gasteiger partial charge in [0.05, 0.1) is 17.9 Å². The van der Waals surface area contributed by atoms with Gasteiger partial charge in [0.25, 0.3) is 0 Å². The number of carbonyl (C=O) groups excluding carboxylic acids is 1. The van der Waals surface area contributed by atoms with Crippen molar-refractivity contribution in [1.29, 1.82) is 0 Å². The molecule has 6 rings (SSSR count). The van der Waals surface area contributed by atoms with E-state index in [-0.39, 0.29) is 5.91 Å². The molecule has 2 aromatic carbocycles. The number of benzene rings is 2. The summed E-state index contributed by atoms with van der Waals surface area (Å²) in [7, 11) is 0. The summed E-state index contributed by atoms with van der Waals surface area (Å²) in [5.74, 6) is 1.15. The van der Waals surface area contributed by atoms with Crippen molar-refractivity contribution in [2.45, 2.75) is 12.5 Å². The standard InChI is InChI=1S/C28H25N7O2S/c1-2-25(36)30-20-4-3-5-23(16-20)37-27-26-24(11-15-38-26)32-28(33-27)31-19-6-8-21(9-7-19)34-13-10-22(17-34)35-14-12-29-18-35/h2-9,11-12,14-16,18,22H,1,10,13,17H2,(H,30,36)(H,31,32,33)/t22-/m1/s1. The number of imidazole rings is 1. The van der Waals surface area contributed by atoms with E-state index in [1.807, 2.05) is 48.4 Å². The minimum atomic E-state index is -0.287. The van der Waals surface area contributed by atoms with E-state index in [1.165, 1.54) is 23.1 Å². The van der Waals surface area contributed by atoms with Crippen molar-refractivity contribution >= 4 is 50.5 Å². The van der Waals surface area contributed by atoms with Crippen molar-refractivity contribution in [3.05, 3.63) is 91.4 Å². The van der Waals surface area contributed by atoms with Crippen molar-refractivity contribution in [1.82, 2.24) is 19.5 Å². The first-order chi connectivity index (χ1) is 18.6. The van der Waals surface area contributed by atoms with Crippen LogP contribution in [0.2, 0.25) is 0 Å². The molecule has 0 radical (unpaired) electrons.